The second-order valence-electron chi connectivity index (χ2n) is 4.56. The summed E-state index contributed by atoms with van der Waals surface area (Å²) in [7, 11) is 0. The molecule has 20 heavy (non-hydrogen) atoms. The molecule has 0 saturated heterocycles. The summed E-state index contributed by atoms with van der Waals surface area (Å²) in [6, 6.07) is 0. The number of hydrogen-bond donors (Lipinski definition) is 2. The van der Waals surface area contributed by atoms with Crippen LogP contribution in [0.25, 0.3) is 0 Å². The average Bonchev–Trinajstić information content (AvgIpc) is 3.07. The third-order valence-electron chi connectivity index (χ3n) is 3.26. The number of aromatic nitrogens is 4. The first kappa shape index (κ1) is 13.6. The van der Waals surface area contributed by atoms with Gasteiger partial charge in [0, 0.05) is 18.0 Å². The molecule has 0 bridgehead atoms. The Morgan fingerprint density at radius 2 is 2.50 bits per heavy atom. The molecular formula is C12H15N5OS2. The molecule has 0 aliphatic heterocycles. The fourth-order valence-corrected chi connectivity index (χ4v) is 3.93. The van der Waals surface area contributed by atoms with Gasteiger partial charge in [-0.15, -0.1) is 10.2 Å². The molecule has 1 atom stereocenters. The van der Waals surface area contributed by atoms with E-state index < -0.39 is 0 Å². The molecule has 3 rings (SSSR count). The molecule has 2 heterocycles. The minimum absolute atomic E-state index is 0.0193. The number of nitrogens with one attached hydrogen (secondary N) is 2. The second-order valence-corrected chi connectivity index (χ2v) is 7.05. The van der Waals surface area contributed by atoms with Crippen molar-refractivity contribution >= 4 is 34.1 Å². The fraction of sp³-hybridized carbons (Fsp3) is 0.500. The Hall–Kier alpha value is -1.41. The molecule has 0 spiro atoms. The third-order valence-corrected chi connectivity index (χ3v) is 5.12. The number of carbonyl (C=O) groups excluding carboxylic acids is 1. The van der Waals surface area contributed by atoms with E-state index in [9.17, 15) is 4.79 Å². The largest absolute Gasteiger partial charge is 0.348 e. The van der Waals surface area contributed by atoms with Gasteiger partial charge in [-0.3, -0.25) is 4.79 Å². The van der Waals surface area contributed by atoms with E-state index in [1.54, 1.807) is 18.1 Å². The summed E-state index contributed by atoms with van der Waals surface area (Å²) >= 11 is 3.06. The molecule has 0 aromatic carbocycles. The molecule has 1 aliphatic rings. The number of aromatic amines is 1. The van der Waals surface area contributed by atoms with Gasteiger partial charge in [-0.1, -0.05) is 30.0 Å². The molecular weight excluding hydrogens is 294 g/mol. The van der Waals surface area contributed by atoms with Crippen LogP contribution in [0.2, 0.25) is 0 Å². The van der Waals surface area contributed by atoms with Crippen molar-refractivity contribution in [2.75, 3.05) is 11.1 Å². The summed E-state index contributed by atoms with van der Waals surface area (Å²) in [5.74, 6) is 0.955. The highest BCUT2D eigenvalue weighted by Crippen LogP contribution is 2.27. The number of imidazole rings is 1. The van der Waals surface area contributed by atoms with Crippen molar-refractivity contribution in [2.24, 2.45) is 5.92 Å². The SMILES string of the molecule is CCSc1nnc(NC(=O)C2CCc3nc[nH]c3C2)s1. The summed E-state index contributed by atoms with van der Waals surface area (Å²) in [5, 5.41) is 11.5. The number of anilines is 1. The van der Waals surface area contributed by atoms with Crippen LogP contribution in [0.5, 0.6) is 0 Å². The summed E-state index contributed by atoms with van der Waals surface area (Å²) in [4.78, 5) is 19.6. The Kier molecular flexibility index (Phi) is 4.02. The summed E-state index contributed by atoms with van der Waals surface area (Å²) in [5.41, 5.74) is 2.17. The average molecular weight is 309 g/mol. The van der Waals surface area contributed by atoms with Gasteiger partial charge in [-0.25, -0.2) is 4.98 Å². The van der Waals surface area contributed by atoms with E-state index in [1.165, 1.54) is 11.3 Å². The molecule has 1 amide bonds. The molecule has 1 aliphatic carbocycles. The van der Waals surface area contributed by atoms with Gasteiger partial charge in [-0.05, 0) is 18.6 Å². The molecule has 1 unspecified atom stereocenters. The lowest BCUT2D eigenvalue weighted by atomic mass is 9.89. The number of rotatable bonds is 4. The van der Waals surface area contributed by atoms with E-state index in [-0.39, 0.29) is 11.8 Å². The first-order valence-electron chi connectivity index (χ1n) is 6.54. The van der Waals surface area contributed by atoms with Crippen LogP contribution in [0.1, 0.15) is 24.7 Å². The normalized spacial score (nSPS) is 17.8. The van der Waals surface area contributed by atoms with Gasteiger partial charge >= 0.3 is 0 Å². The molecule has 0 fully saturated rings. The minimum Gasteiger partial charge on any atom is -0.348 e. The number of aryl methyl sites for hydroxylation is 1. The number of nitrogens with zero attached hydrogens (tertiary/aromatic N) is 3. The molecule has 0 saturated carbocycles. The lowest BCUT2D eigenvalue weighted by Crippen LogP contribution is -2.28. The topological polar surface area (TPSA) is 83.6 Å². The molecule has 106 valence electrons. The van der Waals surface area contributed by atoms with Crippen LogP contribution in [-0.2, 0) is 17.6 Å². The van der Waals surface area contributed by atoms with Gasteiger partial charge in [0.2, 0.25) is 11.0 Å². The number of H-pyrrole nitrogens is 1. The summed E-state index contributed by atoms with van der Waals surface area (Å²) < 4.78 is 0.891. The van der Waals surface area contributed by atoms with Gasteiger partial charge in [0.1, 0.15) is 0 Å². The molecule has 2 aromatic heterocycles. The van der Waals surface area contributed by atoms with Gasteiger partial charge in [0.25, 0.3) is 0 Å². The minimum atomic E-state index is -0.0193. The van der Waals surface area contributed by atoms with Crippen molar-refractivity contribution in [2.45, 2.75) is 30.5 Å². The Morgan fingerprint density at radius 1 is 1.60 bits per heavy atom. The van der Waals surface area contributed by atoms with Crippen molar-refractivity contribution in [1.82, 2.24) is 20.2 Å². The van der Waals surface area contributed by atoms with Crippen LogP contribution in [0.3, 0.4) is 0 Å². The van der Waals surface area contributed by atoms with Crippen molar-refractivity contribution in [1.29, 1.82) is 0 Å². The number of carbonyl (C=O) groups is 1. The smallest absolute Gasteiger partial charge is 0.229 e. The van der Waals surface area contributed by atoms with Gasteiger partial charge < -0.3 is 10.3 Å². The van der Waals surface area contributed by atoms with Crippen LogP contribution in [0.4, 0.5) is 5.13 Å². The van der Waals surface area contributed by atoms with Crippen molar-refractivity contribution < 1.29 is 4.79 Å². The highest BCUT2D eigenvalue weighted by molar-refractivity contribution is 8.01. The number of thioether (sulfide) groups is 1. The molecule has 2 N–H and O–H groups in total. The third kappa shape index (κ3) is 2.85. The van der Waals surface area contributed by atoms with Crippen molar-refractivity contribution in [3.8, 4) is 0 Å². The first-order chi connectivity index (χ1) is 9.76. The highest BCUT2D eigenvalue weighted by atomic mass is 32.2. The zero-order valence-corrected chi connectivity index (χ0v) is 12.7. The maximum atomic E-state index is 12.3. The zero-order chi connectivity index (χ0) is 13.9. The fourth-order valence-electron chi connectivity index (χ4n) is 2.27. The van der Waals surface area contributed by atoms with E-state index in [2.05, 4.69) is 32.4 Å². The summed E-state index contributed by atoms with van der Waals surface area (Å²) in [6.45, 7) is 2.06. The number of amides is 1. The van der Waals surface area contributed by atoms with Gasteiger partial charge in [0.05, 0.1) is 12.0 Å². The van der Waals surface area contributed by atoms with E-state index in [0.29, 0.717) is 5.13 Å². The quantitative estimate of drug-likeness (QED) is 0.667. The van der Waals surface area contributed by atoms with Crippen LogP contribution >= 0.6 is 23.1 Å². The van der Waals surface area contributed by atoms with Crippen LogP contribution in [0, 0.1) is 5.92 Å². The Balaban J connectivity index is 1.62. The number of fused-ring (bicyclic) bond motifs is 1. The van der Waals surface area contributed by atoms with Crippen molar-refractivity contribution in [3.05, 3.63) is 17.7 Å². The van der Waals surface area contributed by atoms with Gasteiger partial charge in [0.15, 0.2) is 4.34 Å². The molecule has 2 aromatic rings. The predicted octanol–water partition coefficient (Wildman–Crippen LogP) is 2.12. The van der Waals surface area contributed by atoms with E-state index >= 15 is 0 Å². The second kappa shape index (κ2) is 5.92. The maximum absolute atomic E-state index is 12.3. The van der Waals surface area contributed by atoms with Crippen LogP contribution in [-0.4, -0.2) is 31.8 Å². The van der Waals surface area contributed by atoms with Crippen LogP contribution in [0.15, 0.2) is 10.7 Å². The molecule has 6 nitrogen and oxygen atoms in total. The van der Waals surface area contributed by atoms with E-state index in [0.717, 1.165) is 40.7 Å². The zero-order valence-electron chi connectivity index (χ0n) is 11.0. The van der Waals surface area contributed by atoms with Crippen molar-refractivity contribution in [3.63, 3.8) is 0 Å². The standard InChI is InChI=1S/C12H15N5OS2/c1-2-19-12-17-16-11(20-12)15-10(18)7-3-4-8-9(5-7)14-6-13-8/h6-7H,2-5H2,1H3,(H,13,14)(H,15,16,18). The Bertz CT molecular complexity index is 609. The number of hydrogen-bond acceptors (Lipinski definition) is 6. The lowest BCUT2D eigenvalue weighted by Gasteiger charge is -2.19. The summed E-state index contributed by atoms with van der Waals surface area (Å²) in [6.07, 6.45) is 4.10. The molecule has 0 radical (unpaired) electrons. The Morgan fingerprint density at radius 3 is 3.35 bits per heavy atom. The van der Waals surface area contributed by atoms with Gasteiger partial charge in [-0.2, -0.15) is 0 Å². The first-order valence-corrected chi connectivity index (χ1v) is 8.34. The predicted molar refractivity (Wildman–Crippen MR) is 79.0 cm³/mol. The van der Waals surface area contributed by atoms with E-state index in [4.69, 9.17) is 0 Å². The lowest BCUT2D eigenvalue weighted by molar-refractivity contribution is -0.120. The monoisotopic (exact) mass is 309 g/mol. The molecule has 8 heteroatoms. The Labute approximate surface area is 124 Å². The van der Waals surface area contributed by atoms with E-state index in [1.807, 2.05) is 0 Å². The van der Waals surface area contributed by atoms with Crippen LogP contribution < -0.4 is 5.32 Å². The highest BCUT2D eigenvalue weighted by Gasteiger charge is 2.26. The maximum Gasteiger partial charge on any atom is 0.229 e.